The van der Waals surface area contributed by atoms with E-state index in [1.54, 1.807) is 23.1 Å². The minimum absolute atomic E-state index is 0.123. The van der Waals surface area contributed by atoms with Gasteiger partial charge in [-0.1, -0.05) is 29.3 Å². The number of aromatic nitrogens is 3. The predicted molar refractivity (Wildman–Crippen MR) is 90.1 cm³/mol. The molecule has 0 spiro atoms. The molecule has 0 N–H and O–H groups in total. The normalized spacial score (nSPS) is 24.0. The van der Waals surface area contributed by atoms with Gasteiger partial charge in [-0.05, 0) is 26.0 Å². The maximum atomic E-state index is 6.39. The zero-order valence-electron chi connectivity index (χ0n) is 13.5. The number of nitrogens with zero attached hydrogens (tertiary/aromatic N) is 3. The fraction of sp³-hybridized carbons (Fsp3) is 0.500. The number of hydrogen-bond acceptors (Lipinski definition) is 5. The summed E-state index contributed by atoms with van der Waals surface area (Å²) in [7, 11) is 0. The molecule has 0 saturated carbocycles. The average molecular weight is 372 g/mol. The molecule has 2 atom stereocenters. The van der Waals surface area contributed by atoms with Crippen molar-refractivity contribution in [2.24, 2.45) is 0 Å². The number of hydrogen-bond donors (Lipinski definition) is 0. The second-order valence-corrected chi connectivity index (χ2v) is 6.75. The van der Waals surface area contributed by atoms with Crippen molar-refractivity contribution in [2.75, 3.05) is 13.2 Å². The second-order valence-electron chi connectivity index (χ2n) is 5.90. The molecular weight excluding hydrogens is 353 g/mol. The third-order valence-electron chi connectivity index (χ3n) is 3.65. The van der Waals surface area contributed by atoms with Gasteiger partial charge in [-0.25, -0.2) is 9.67 Å². The quantitative estimate of drug-likeness (QED) is 0.779. The van der Waals surface area contributed by atoms with Gasteiger partial charge >= 0.3 is 0 Å². The molecule has 1 aliphatic heterocycles. The van der Waals surface area contributed by atoms with Gasteiger partial charge in [0, 0.05) is 10.6 Å². The lowest BCUT2D eigenvalue weighted by atomic mass is 10.1. The molecule has 1 saturated heterocycles. The molecule has 2 unspecified atom stereocenters. The van der Waals surface area contributed by atoms with E-state index in [1.165, 1.54) is 6.33 Å². The molecule has 0 radical (unpaired) electrons. The van der Waals surface area contributed by atoms with E-state index in [2.05, 4.69) is 10.1 Å². The summed E-state index contributed by atoms with van der Waals surface area (Å²) in [4.78, 5) is 3.97. The van der Waals surface area contributed by atoms with Crippen LogP contribution in [0.3, 0.4) is 0 Å². The third-order valence-corrected chi connectivity index (χ3v) is 4.20. The van der Waals surface area contributed by atoms with Crippen LogP contribution in [0.4, 0.5) is 0 Å². The van der Waals surface area contributed by atoms with Crippen molar-refractivity contribution in [2.45, 2.75) is 38.4 Å². The maximum absolute atomic E-state index is 6.39. The van der Waals surface area contributed by atoms with Crippen LogP contribution in [-0.4, -0.2) is 40.2 Å². The molecule has 8 heteroatoms. The van der Waals surface area contributed by atoms with Crippen LogP contribution >= 0.6 is 23.2 Å². The Balaban J connectivity index is 1.88. The molecule has 1 fully saturated rings. The van der Waals surface area contributed by atoms with E-state index in [0.717, 1.165) is 0 Å². The lowest BCUT2D eigenvalue weighted by Gasteiger charge is -2.29. The summed E-state index contributed by atoms with van der Waals surface area (Å²) in [6, 6.07) is 5.25. The molecule has 1 aromatic carbocycles. The molecule has 1 aromatic heterocycles. The Kier molecular flexibility index (Phi) is 5.42. The van der Waals surface area contributed by atoms with Crippen LogP contribution < -0.4 is 0 Å². The summed E-state index contributed by atoms with van der Waals surface area (Å²) in [5, 5.41) is 5.17. The van der Waals surface area contributed by atoms with Gasteiger partial charge in [-0.3, -0.25) is 0 Å². The standard InChI is InChI=1S/C16H19Cl2N3O3/c1-11(2)22-6-13-7-23-16(24-13,8-21-10-19-9-20-21)14-4-3-12(17)5-15(14)18/h3-5,9-11,13H,6-8H2,1-2H3. The minimum atomic E-state index is -1.06. The molecule has 0 bridgehead atoms. The van der Waals surface area contributed by atoms with Crippen LogP contribution in [0.5, 0.6) is 0 Å². The van der Waals surface area contributed by atoms with E-state index in [1.807, 2.05) is 19.9 Å². The number of rotatable bonds is 6. The first-order valence-corrected chi connectivity index (χ1v) is 8.45. The van der Waals surface area contributed by atoms with E-state index < -0.39 is 5.79 Å². The lowest BCUT2D eigenvalue weighted by Crippen LogP contribution is -2.35. The highest BCUT2D eigenvalue weighted by molar-refractivity contribution is 6.35. The summed E-state index contributed by atoms with van der Waals surface area (Å²) in [6.07, 6.45) is 3.00. The molecule has 2 heterocycles. The van der Waals surface area contributed by atoms with Gasteiger partial charge in [-0.2, -0.15) is 5.10 Å². The van der Waals surface area contributed by atoms with Crippen molar-refractivity contribution in [1.29, 1.82) is 0 Å². The Hall–Kier alpha value is -1.18. The summed E-state index contributed by atoms with van der Waals surface area (Å²) < 4.78 is 19.6. The average Bonchev–Trinajstić information content (AvgIpc) is 3.16. The van der Waals surface area contributed by atoms with Crippen molar-refractivity contribution in [1.82, 2.24) is 14.8 Å². The lowest BCUT2D eigenvalue weighted by molar-refractivity contribution is -0.194. The highest BCUT2D eigenvalue weighted by Crippen LogP contribution is 2.40. The molecule has 3 rings (SSSR count). The van der Waals surface area contributed by atoms with Gasteiger partial charge in [0.15, 0.2) is 0 Å². The molecule has 0 amide bonds. The summed E-state index contributed by atoms with van der Waals surface area (Å²) in [5.74, 6) is -1.06. The smallest absolute Gasteiger partial charge is 0.217 e. The van der Waals surface area contributed by atoms with Crippen LogP contribution in [0, 0.1) is 0 Å². The first kappa shape index (κ1) is 17.6. The van der Waals surface area contributed by atoms with E-state index in [4.69, 9.17) is 37.4 Å². The van der Waals surface area contributed by atoms with Gasteiger partial charge < -0.3 is 14.2 Å². The molecule has 0 aliphatic carbocycles. The summed E-state index contributed by atoms with van der Waals surface area (Å²) >= 11 is 12.4. The van der Waals surface area contributed by atoms with E-state index in [-0.39, 0.29) is 12.2 Å². The molecule has 6 nitrogen and oxygen atoms in total. The van der Waals surface area contributed by atoms with E-state index in [9.17, 15) is 0 Å². The number of ether oxygens (including phenoxy) is 3. The van der Waals surface area contributed by atoms with Crippen molar-refractivity contribution in [3.05, 3.63) is 46.5 Å². The van der Waals surface area contributed by atoms with Crippen molar-refractivity contribution in [3.8, 4) is 0 Å². The Morgan fingerprint density at radius 1 is 1.42 bits per heavy atom. The Morgan fingerprint density at radius 3 is 2.92 bits per heavy atom. The Bertz CT molecular complexity index is 681. The van der Waals surface area contributed by atoms with Gasteiger partial charge in [0.25, 0.3) is 0 Å². The first-order valence-electron chi connectivity index (χ1n) is 7.70. The van der Waals surface area contributed by atoms with Gasteiger partial charge in [0.2, 0.25) is 5.79 Å². The molecule has 1 aliphatic rings. The number of halogens is 2. The van der Waals surface area contributed by atoms with Crippen LogP contribution in [0.25, 0.3) is 0 Å². The molecule has 24 heavy (non-hydrogen) atoms. The molecule has 2 aromatic rings. The Morgan fingerprint density at radius 2 is 2.25 bits per heavy atom. The van der Waals surface area contributed by atoms with Crippen molar-refractivity contribution >= 4 is 23.2 Å². The largest absolute Gasteiger partial charge is 0.376 e. The van der Waals surface area contributed by atoms with Crippen LogP contribution in [-0.2, 0) is 26.5 Å². The van der Waals surface area contributed by atoms with Crippen LogP contribution in [0.1, 0.15) is 19.4 Å². The van der Waals surface area contributed by atoms with Crippen molar-refractivity contribution in [3.63, 3.8) is 0 Å². The molecular formula is C16H19Cl2N3O3. The summed E-state index contributed by atoms with van der Waals surface area (Å²) in [6.45, 7) is 5.14. The number of benzene rings is 1. The van der Waals surface area contributed by atoms with E-state index in [0.29, 0.717) is 35.4 Å². The Labute approximate surface area is 150 Å². The first-order chi connectivity index (χ1) is 11.5. The van der Waals surface area contributed by atoms with Crippen LogP contribution in [0.15, 0.2) is 30.9 Å². The SMILES string of the molecule is CC(C)OCC1COC(Cn2cncn2)(c2ccc(Cl)cc2Cl)O1. The van der Waals surface area contributed by atoms with E-state index >= 15 is 0 Å². The third kappa shape index (κ3) is 3.90. The zero-order chi connectivity index (χ0) is 17.2. The second kappa shape index (κ2) is 7.37. The molecule has 130 valence electrons. The highest BCUT2D eigenvalue weighted by Gasteiger charge is 2.45. The van der Waals surface area contributed by atoms with Gasteiger partial charge in [0.1, 0.15) is 25.3 Å². The van der Waals surface area contributed by atoms with Gasteiger partial charge in [0.05, 0.1) is 24.3 Å². The monoisotopic (exact) mass is 371 g/mol. The summed E-state index contributed by atoms with van der Waals surface area (Å²) in [5.41, 5.74) is 0.705. The maximum Gasteiger partial charge on any atom is 0.217 e. The fourth-order valence-electron chi connectivity index (χ4n) is 2.58. The predicted octanol–water partition coefficient (Wildman–Crippen LogP) is 3.28. The topological polar surface area (TPSA) is 58.4 Å². The zero-order valence-corrected chi connectivity index (χ0v) is 15.0. The van der Waals surface area contributed by atoms with Crippen LogP contribution in [0.2, 0.25) is 10.0 Å². The minimum Gasteiger partial charge on any atom is -0.376 e. The van der Waals surface area contributed by atoms with Crippen molar-refractivity contribution < 1.29 is 14.2 Å². The van der Waals surface area contributed by atoms with Gasteiger partial charge in [-0.15, -0.1) is 0 Å². The fourth-order valence-corrected chi connectivity index (χ4v) is 3.13. The highest BCUT2D eigenvalue weighted by atomic mass is 35.5.